The Bertz CT molecular complexity index is 343. The van der Waals surface area contributed by atoms with Crippen LogP contribution in [-0.4, -0.2) is 11.1 Å². The second-order valence-corrected chi connectivity index (χ2v) is 3.31. The third kappa shape index (κ3) is 6.52. The maximum Gasteiger partial charge on any atom is 0.346 e. The van der Waals surface area contributed by atoms with Crippen molar-refractivity contribution in [2.45, 2.75) is 6.92 Å². The van der Waals surface area contributed by atoms with Crippen molar-refractivity contribution in [3.63, 3.8) is 0 Å². The molecule has 2 nitrogen and oxygen atoms in total. The van der Waals surface area contributed by atoms with Crippen molar-refractivity contribution in [1.29, 1.82) is 0 Å². The van der Waals surface area contributed by atoms with E-state index in [0.717, 1.165) is 5.57 Å². The van der Waals surface area contributed by atoms with Gasteiger partial charge in [-0.1, -0.05) is 60.7 Å². The summed E-state index contributed by atoms with van der Waals surface area (Å²) in [5.41, 5.74) is 2.34. The van der Waals surface area contributed by atoms with Crippen LogP contribution in [0.3, 0.4) is 0 Å². The van der Waals surface area contributed by atoms with Crippen LogP contribution in [0.5, 0.6) is 0 Å². The van der Waals surface area contributed by atoms with Gasteiger partial charge in [0.2, 0.25) is 0 Å². The van der Waals surface area contributed by atoms with E-state index >= 15 is 0 Å². The molecule has 1 rings (SSSR count). The monoisotopic (exact) mass is 224 g/mol. The molecule has 0 amide bonds. The first-order valence-corrected chi connectivity index (χ1v) is 4.61. The Balaban J connectivity index is 0.000000288. The smallest absolute Gasteiger partial charge is 0.346 e. The molecule has 0 heterocycles. The van der Waals surface area contributed by atoms with Gasteiger partial charge in [0.05, 0.1) is 0 Å². The van der Waals surface area contributed by atoms with Gasteiger partial charge in [0, 0.05) is 0 Å². The van der Waals surface area contributed by atoms with Gasteiger partial charge in [-0.05, 0) is 12.5 Å². The molecule has 0 saturated heterocycles. The van der Waals surface area contributed by atoms with Crippen molar-refractivity contribution in [3.05, 3.63) is 54.1 Å². The zero-order valence-corrected chi connectivity index (χ0v) is 9.29. The summed E-state index contributed by atoms with van der Waals surface area (Å²) in [7, 11) is 0. The molecule has 0 fully saturated rings. The number of rotatable bonds is 2. The second kappa shape index (κ2) is 6.85. The number of aliphatic carboxylic acids is 1. The maximum absolute atomic E-state index is 9.47. The minimum absolute atomic E-state index is 0.352. The van der Waals surface area contributed by atoms with Gasteiger partial charge < -0.3 is 5.11 Å². The summed E-state index contributed by atoms with van der Waals surface area (Å²) in [4.78, 5) is 9.47. The molecule has 0 aromatic heterocycles. The molecule has 0 radical (unpaired) electrons. The van der Waals surface area contributed by atoms with Crippen molar-refractivity contribution in [1.82, 2.24) is 0 Å². The fourth-order valence-corrected chi connectivity index (χ4v) is 0.723. The van der Waals surface area contributed by atoms with Gasteiger partial charge in [0.1, 0.15) is 5.03 Å². The van der Waals surface area contributed by atoms with E-state index in [4.69, 9.17) is 16.7 Å². The number of allylic oxidation sites excluding steroid dienone is 1. The van der Waals surface area contributed by atoms with Crippen molar-refractivity contribution in [3.8, 4) is 0 Å². The van der Waals surface area contributed by atoms with Gasteiger partial charge in [0.15, 0.2) is 0 Å². The first kappa shape index (κ1) is 13.5. The van der Waals surface area contributed by atoms with Gasteiger partial charge in [-0.3, -0.25) is 0 Å². The lowest BCUT2D eigenvalue weighted by molar-refractivity contribution is -0.131. The summed E-state index contributed by atoms with van der Waals surface area (Å²) in [6.07, 6.45) is 0. The Kier molecular flexibility index (Phi) is 6.14. The lowest BCUT2D eigenvalue weighted by Crippen LogP contribution is -1.89. The van der Waals surface area contributed by atoms with Crippen LogP contribution in [0.1, 0.15) is 12.5 Å². The molecule has 1 aromatic carbocycles. The van der Waals surface area contributed by atoms with Gasteiger partial charge in [-0.2, -0.15) is 0 Å². The average Bonchev–Trinajstić information content (AvgIpc) is 2.20. The van der Waals surface area contributed by atoms with Crippen LogP contribution in [0.25, 0.3) is 5.57 Å². The maximum atomic E-state index is 9.47. The molecular formula is C12H13ClO2. The van der Waals surface area contributed by atoms with E-state index in [1.54, 1.807) is 0 Å². The van der Waals surface area contributed by atoms with Gasteiger partial charge in [-0.15, -0.1) is 0 Å². The molecule has 3 heteroatoms. The zero-order chi connectivity index (χ0) is 11.8. The molecule has 1 aromatic rings. The topological polar surface area (TPSA) is 37.3 Å². The van der Waals surface area contributed by atoms with E-state index in [1.165, 1.54) is 5.56 Å². The summed E-state index contributed by atoms with van der Waals surface area (Å²) in [6.45, 7) is 8.76. The normalized spacial score (nSPS) is 8.40. The van der Waals surface area contributed by atoms with Crippen LogP contribution in [-0.2, 0) is 4.79 Å². The van der Waals surface area contributed by atoms with Crippen molar-refractivity contribution in [2.24, 2.45) is 0 Å². The molecule has 1 N–H and O–H groups in total. The average molecular weight is 225 g/mol. The largest absolute Gasteiger partial charge is 0.477 e. The summed E-state index contributed by atoms with van der Waals surface area (Å²) in [5.74, 6) is -1.17. The molecule has 0 atom stereocenters. The van der Waals surface area contributed by atoms with E-state index < -0.39 is 5.97 Å². The second-order valence-electron chi connectivity index (χ2n) is 2.86. The molecule has 80 valence electrons. The van der Waals surface area contributed by atoms with E-state index in [1.807, 2.05) is 25.1 Å². The predicted molar refractivity (Wildman–Crippen MR) is 63.8 cm³/mol. The number of carboxylic acids is 1. The van der Waals surface area contributed by atoms with Crippen molar-refractivity contribution in [2.75, 3.05) is 0 Å². The summed E-state index contributed by atoms with van der Waals surface area (Å²) in [6, 6.07) is 10.2. The van der Waals surface area contributed by atoms with Gasteiger partial charge in [0.25, 0.3) is 0 Å². The highest BCUT2D eigenvalue weighted by Gasteiger charge is 1.93. The molecule has 0 spiro atoms. The predicted octanol–water partition coefficient (Wildman–Crippen LogP) is 3.54. The fraction of sp³-hybridized carbons (Fsp3) is 0.0833. The number of carboxylic acid groups (broad SMARTS) is 1. The van der Waals surface area contributed by atoms with Crippen LogP contribution in [0.4, 0.5) is 0 Å². The minimum Gasteiger partial charge on any atom is -0.477 e. The summed E-state index contributed by atoms with van der Waals surface area (Å²) in [5, 5.41) is 7.41. The minimum atomic E-state index is -1.17. The van der Waals surface area contributed by atoms with Crippen LogP contribution >= 0.6 is 11.6 Å². The van der Waals surface area contributed by atoms with Crippen LogP contribution in [0.2, 0.25) is 0 Å². The van der Waals surface area contributed by atoms with Crippen LogP contribution in [0, 0.1) is 0 Å². The third-order valence-corrected chi connectivity index (χ3v) is 1.66. The Labute approximate surface area is 94.5 Å². The molecule has 0 bridgehead atoms. The standard InChI is InChI=1S/C9H10.C3H3ClO2/c1-8(2)9-6-4-3-5-7-9;1-2(4)3(5)6/h3-7H,1H2,2H3;1H2,(H,5,6). The molecule has 0 aliphatic carbocycles. The molecular weight excluding hydrogens is 212 g/mol. The fourth-order valence-electron chi connectivity index (χ4n) is 0.723. The van der Waals surface area contributed by atoms with Crippen molar-refractivity contribution >= 4 is 23.1 Å². The number of hydrogen-bond acceptors (Lipinski definition) is 1. The lowest BCUT2D eigenvalue weighted by Gasteiger charge is -1.94. The number of benzene rings is 1. The lowest BCUT2D eigenvalue weighted by atomic mass is 10.1. The SMILES string of the molecule is C=C(C)c1ccccc1.C=C(Cl)C(=O)O. The van der Waals surface area contributed by atoms with Gasteiger partial charge in [-0.25, -0.2) is 4.79 Å². The summed E-state index contributed by atoms with van der Waals surface area (Å²) >= 11 is 4.82. The Morgan fingerprint density at radius 2 is 1.67 bits per heavy atom. The highest BCUT2D eigenvalue weighted by Crippen LogP contribution is 2.08. The molecule has 0 unspecified atom stereocenters. The van der Waals surface area contributed by atoms with Crippen LogP contribution in [0.15, 0.2) is 48.5 Å². The molecule has 0 saturated carbocycles. The highest BCUT2D eigenvalue weighted by molar-refractivity contribution is 6.40. The Morgan fingerprint density at radius 1 is 1.27 bits per heavy atom. The van der Waals surface area contributed by atoms with Crippen LogP contribution < -0.4 is 0 Å². The molecule has 0 aliphatic rings. The highest BCUT2D eigenvalue weighted by atomic mass is 35.5. The van der Waals surface area contributed by atoms with E-state index in [9.17, 15) is 4.79 Å². The van der Waals surface area contributed by atoms with E-state index in [-0.39, 0.29) is 5.03 Å². The zero-order valence-electron chi connectivity index (χ0n) is 8.53. The molecule has 0 aliphatic heterocycles. The first-order valence-electron chi connectivity index (χ1n) is 4.23. The first-order chi connectivity index (χ1) is 6.95. The van der Waals surface area contributed by atoms with E-state index in [0.29, 0.717) is 0 Å². The van der Waals surface area contributed by atoms with E-state index in [2.05, 4.69) is 25.3 Å². The molecule has 15 heavy (non-hydrogen) atoms. The third-order valence-electron chi connectivity index (χ3n) is 1.50. The summed E-state index contributed by atoms with van der Waals surface area (Å²) < 4.78 is 0. The number of halogens is 1. The quantitative estimate of drug-likeness (QED) is 0.781. The van der Waals surface area contributed by atoms with Gasteiger partial charge >= 0.3 is 5.97 Å². The Hall–Kier alpha value is -1.54. The Morgan fingerprint density at radius 3 is 1.87 bits per heavy atom. The van der Waals surface area contributed by atoms with Crippen molar-refractivity contribution < 1.29 is 9.90 Å². The number of hydrogen-bond donors (Lipinski definition) is 1. The number of carbonyl (C=O) groups is 1.